The molecule has 0 bridgehead atoms. The highest BCUT2D eigenvalue weighted by molar-refractivity contribution is 6.39. The lowest BCUT2D eigenvalue weighted by atomic mass is 10.1. The van der Waals surface area contributed by atoms with Gasteiger partial charge in [-0.3, -0.25) is 14.4 Å². The van der Waals surface area contributed by atoms with E-state index < -0.39 is 11.8 Å². The summed E-state index contributed by atoms with van der Waals surface area (Å²) in [4.78, 5) is 40.1. The quantitative estimate of drug-likeness (QED) is 0.763. The molecule has 1 saturated heterocycles. The molecular formula is C21H20ClN3O4. The normalized spacial score (nSPS) is 16.1. The van der Waals surface area contributed by atoms with Crippen molar-refractivity contribution in [3.05, 3.63) is 53.1 Å². The van der Waals surface area contributed by atoms with Gasteiger partial charge in [-0.1, -0.05) is 17.7 Å². The predicted molar refractivity (Wildman–Crippen MR) is 110 cm³/mol. The molecule has 0 spiro atoms. The van der Waals surface area contributed by atoms with Crippen molar-refractivity contribution in [2.45, 2.75) is 6.42 Å². The Kier molecular flexibility index (Phi) is 5.40. The third-order valence-electron chi connectivity index (χ3n) is 5.05. The minimum Gasteiger partial charge on any atom is -0.485 e. The van der Waals surface area contributed by atoms with E-state index in [1.807, 2.05) is 24.3 Å². The first-order chi connectivity index (χ1) is 14.0. The number of hydrogen-bond acceptors (Lipinski definition) is 5. The van der Waals surface area contributed by atoms with E-state index >= 15 is 0 Å². The molecule has 0 saturated carbocycles. The zero-order valence-corrected chi connectivity index (χ0v) is 16.4. The van der Waals surface area contributed by atoms with Crippen molar-refractivity contribution in [3.63, 3.8) is 0 Å². The number of carbonyl (C=O) groups excluding carboxylic acids is 3. The summed E-state index contributed by atoms with van der Waals surface area (Å²) in [6, 6.07) is 12.6. The Hall–Kier alpha value is -3.06. The van der Waals surface area contributed by atoms with Gasteiger partial charge in [-0.25, -0.2) is 0 Å². The van der Waals surface area contributed by atoms with E-state index in [4.69, 9.17) is 16.3 Å². The van der Waals surface area contributed by atoms with Gasteiger partial charge in [0.05, 0.1) is 0 Å². The van der Waals surface area contributed by atoms with Crippen LogP contribution in [0.2, 0.25) is 5.02 Å². The lowest BCUT2D eigenvalue weighted by Crippen LogP contribution is -2.51. The molecule has 0 atom stereocenters. The van der Waals surface area contributed by atoms with Crippen LogP contribution in [0.1, 0.15) is 5.56 Å². The van der Waals surface area contributed by atoms with E-state index in [2.05, 4.69) is 10.2 Å². The van der Waals surface area contributed by atoms with Gasteiger partial charge in [0, 0.05) is 60.6 Å². The number of anilines is 2. The van der Waals surface area contributed by atoms with E-state index in [1.165, 1.54) is 0 Å². The number of ether oxygens (including phenoxy) is 1. The van der Waals surface area contributed by atoms with E-state index in [0.717, 1.165) is 11.3 Å². The number of nitrogens with one attached hydrogen (secondary N) is 1. The van der Waals surface area contributed by atoms with Crippen molar-refractivity contribution in [2.24, 2.45) is 0 Å². The monoisotopic (exact) mass is 413 g/mol. The molecule has 0 unspecified atom stereocenters. The first-order valence-corrected chi connectivity index (χ1v) is 9.75. The summed E-state index contributed by atoms with van der Waals surface area (Å²) in [5.41, 5.74) is 2.29. The van der Waals surface area contributed by atoms with Crippen molar-refractivity contribution in [1.29, 1.82) is 0 Å². The number of hydrogen-bond donors (Lipinski definition) is 1. The summed E-state index contributed by atoms with van der Waals surface area (Å²) in [5.74, 6) is -0.667. The molecule has 0 aliphatic carbocycles. The fraction of sp³-hybridized carbons (Fsp3) is 0.286. The molecule has 7 nitrogen and oxygen atoms in total. The standard InChI is InChI=1S/C21H20ClN3O4/c22-15-2-5-17(6-3-15)24-7-9-25(10-8-24)21(28)20(27)23-16-4-1-14-11-18(26)13-29-19(14)12-16/h1-6,12H,7-11,13H2,(H,23,27). The molecule has 0 aromatic heterocycles. The number of fused-ring (bicyclic) bond motifs is 1. The Balaban J connectivity index is 1.33. The first-order valence-electron chi connectivity index (χ1n) is 9.38. The number of piperazine rings is 1. The lowest BCUT2D eigenvalue weighted by Gasteiger charge is -2.35. The number of benzene rings is 2. The smallest absolute Gasteiger partial charge is 0.313 e. The second-order valence-electron chi connectivity index (χ2n) is 7.04. The Morgan fingerprint density at radius 3 is 2.45 bits per heavy atom. The van der Waals surface area contributed by atoms with Gasteiger partial charge in [0.2, 0.25) is 0 Å². The van der Waals surface area contributed by atoms with Crippen LogP contribution >= 0.6 is 11.6 Å². The van der Waals surface area contributed by atoms with Crippen LogP contribution in [0.4, 0.5) is 11.4 Å². The number of rotatable bonds is 2. The summed E-state index contributed by atoms with van der Waals surface area (Å²) in [5, 5.41) is 3.31. The Bertz CT molecular complexity index is 953. The number of amides is 2. The number of ketones is 1. The minimum absolute atomic E-state index is 0.0159. The molecule has 2 aromatic carbocycles. The third kappa shape index (κ3) is 4.35. The molecule has 1 fully saturated rings. The van der Waals surface area contributed by atoms with Crippen LogP contribution in [0.3, 0.4) is 0 Å². The van der Waals surface area contributed by atoms with Gasteiger partial charge in [0.25, 0.3) is 0 Å². The predicted octanol–water partition coefficient (Wildman–Crippen LogP) is 2.13. The molecule has 150 valence electrons. The third-order valence-corrected chi connectivity index (χ3v) is 5.31. The molecular weight excluding hydrogens is 394 g/mol. The van der Waals surface area contributed by atoms with Crippen LogP contribution in [-0.2, 0) is 20.8 Å². The van der Waals surface area contributed by atoms with Crippen LogP contribution in [0.15, 0.2) is 42.5 Å². The van der Waals surface area contributed by atoms with Crippen LogP contribution in [-0.4, -0.2) is 55.3 Å². The van der Waals surface area contributed by atoms with E-state index in [-0.39, 0.29) is 12.4 Å². The van der Waals surface area contributed by atoms with Gasteiger partial charge >= 0.3 is 11.8 Å². The van der Waals surface area contributed by atoms with Gasteiger partial charge < -0.3 is 19.9 Å². The fourth-order valence-electron chi connectivity index (χ4n) is 3.48. The average Bonchev–Trinajstić information content (AvgIpc) is 2.74. The largest absolute Gasteiger partial charge is 0.485 e. The summed E-state index contributed by atoms with van der Waals surface area (Å²) in [6.45, 7) is 2.23. The van der Waals surface area contributed by atoms with Crippen LogP contribution in [0.5, 0.6) is 5.75 Å². The Morgan fingerprint density at radius 1 is 1.00 bits per heavy atom. The average molecular weight is 414 g/mol. The van der Waals surface area contributed by atoms with E-state index in [9.17, 15) is 14.4 Å². The van der Waals surface area contributed by atoms with Gasteiger partial charge in [0.15, 0.2) is 5.78 Å². The highest BCUT2D eigenvalue weighted by Gasteiger charge is 2.26. The molecule has 0 radical (unpaired) electrons. The van der Waals surface area contributed by atoms with Crippen LogP contribution < -0.4 is 15.0 Å². The Labute approximate surface area is 173 Å². The molecule has 2 heterocycles. The number of Topliss-reactive ketones (excluding diaryl/α,β-unsaturated/α-hetero) is 1. The van der Waals surface area contributed by atoms with Crippen molar-refractivity contribution in [3.8, 4) is 5.75 Å². The zero-order valence-electron chi connectivity index (χ0n) is 15.7. The highest BCUT2D eigenvalue weighted by Crippen LogP contribution is 2.27. The van der Waals surface area contributed by atoms with Gasteiger partial charge in [-0.2, -0.15) is 0 Å². The number of nitrogens with zero attached hydrogens (tertiary/aromatic N) is 2. The second-order valence-corrected chi connectivity index (χ2v) is 7.47. The van der Waals surface area contributed by atoms with Crippen molar-refractivity contribution in [2.75, 3.05) is 43.0 Å². The van der Waals surface area contributed by atoms with Gasteiger partial charge in [-0.15, -0.1) is 0 Å². The molecule has 29 heavy (non-hydrogen) atoms. The fourth-order valence-corrected chi connectivity index (χ4v) is 3.61. The maximum Gasteiger partial charge on any atom is 0.313 e. The molecule has 2 amide bonds. The molecule has 1 N–H and O–H groups in total. The summed E-state index contributed by atoms with van der Waals surface area (Å²) in [7, 11) is 0. The van der Waals surface area contributed by atoms with E-state index in [1.54, 1.807) is 23.1 Å². The SMILES string of the molecule is O=C1COc2cc(NC(=O)C(=O)N3CCN(c4ccc(Cl)cc4)CC3)ccc2C1. The molecule has 2 aliphatic rings. The Morgan fingerprint density at radius 2 is 1.72 bits per heavy atom. The van der Waals surface area contributed by atoms with Crippen molar-refractivity contribution < 1.29 is 19.1 Å². The van der Waals surface area contributed by atoms with E-state index in [0.29, 0.717) is 49.1 Å². The van der Waals surface area contributed by atoms with Crippen LogP contribution in [0, 0.1) is 0 Å². The molecule has 2 aromatic rings. The summed E-state index contributed by atoms with van der Waals surface area (Å²) >= 11 is 5.92. The first kappa shape index (κ1) is 19.3. The molecule has 4 rings (SSSR count). The molecule has 2 aliphatic heterocycles. The maximum atomic E-state index is 12.5. The number of carbonyl (C=O) groups is 3. The molecule has 8 heteroatoms. The second kappa shape index (κ2) is 8.13. The van der Waals surface area contributed by atoms with Crippen molar-refractivity contribution in [1.82, 2.24) is 4.90 Å². The maximum absolute atomic E-state index is 12.5. The highest BCUT2D eigenvalue weighted by atomic mass is 35.5. The minimum atomic E-state index is -0.684. The summed E-state index contributed by atoms with van der Waals surface area (Å²) < 4.78 is 5.39. The summed E-state index contributed by atoms with van der Waals surface area (Å²) in [6.07, 6.45) is 0.320. The zero-order chi connectivity index (χ0) is 20.4. The van der Waals surface area contributed by atoms with Gasteiger partial charge in [0.1, 0.15) is 12.4 Å². The van der Waals surface area contributed by atoms with Crippen LogP contribution in [0.25, 0.3) is 0 Å². The lowest BCUT2D eigenvalue weighted by molar-refractivity contribution is -0.143. The van der Waals surface area contributed by atoms with Crippen molar-refractivity contribution >= 4 is 40.6 Å². The topological polar surface area (TPSA) is 78.9 Å². The number of halogens is 1. The van der Waals surface area contributed by atoms with Gasteiger partial charge in [-0.05, 0) is 30.3 Å².